The van der Waals surface area contributed by atoms with Crippen LogP contribution < -0.4 is 4.90 Å². The second-order valence-corrected chi connectivity index (χ2v) is 7.93. The van der Waals surface area contributed by atoms with Crippen molar-refractivity contribution in [1.82, 2.24) is 4.90 Å². The molecule has 0 aliphatic heterocycles. The number of hydrogen-bond acceptors (Lipinski definition) is 3. The smallest absolute Gasteiger partial charge is 0.256 e. The van der Waals surface area contributed by atoms with Crippen molar-refractivity contribution < 1.29 is 9.90 Å². The van der Waals surface area contributed by atoms with Crippen LogP contribution >= 0.6 is 0 Å². The van der Waals surface area contributed by atoms with Gasteiger partial charge in [0.15, 0.2) is 0 Å². The van der Waals surface area contributed by atoms with Gasteiger partial charge < -0.3 is 14.9 Å². The van der Waals surface area contributed by atoms with E-state index in [2.05, 4.69) is 32.6 Å². The molecule has 1 unspecified atom stereocenters. The molecule has 0 saturated carbocycles. The molecule has 4 nitrogen and oxygen atoms in total. The summed E-state index contributed by atoms with van der Waals surface area (Å²) in [5, 5.41) is 10.8. The molecule has 1 aliphatic rings. The van der Waals surface area contributed by atoms with E-state index in [-0.39, 0.29) is 18.0 Å². The van der Waals surface area contributed by atoms with Gasteiger partial charge in [0.1, 0.15) is 0 Å². The number of likely N-dealkylation sites (N-methyl/N-ethyl adjacent to an activating group) is 1. The molecule has 0 fully saturated rings. The number of fused-ring (bicyclic) bond motifs is 1. The van der Waals surface area contributed by atoms with Crippen molar-refractivity contribution in [2.45, 2.75) is 52.3 Å². The molecule has 2 aromatic carbocycles. The van der Waals surface area contributed by atoms with Gasteiger partial charge in [0.05, 0.1) is 11.8 Å². The van der Waals surface area contributed by atoms with Crippen molar-refractivity contribution in [1.29, 1.82) is 0 Å². The molecule has 2 aromatic rings. The van der Waals surface area contributed by atoms with E-state index in [1.807, 2.05) is 54.6 Å². The molecule has 1 amide bonds. The maximum absolute atomic E-state index is 13.5. The number of benzene rings is 2. The molecular formula is C24H30N2O2. The lowest BCUT2D eigenvalue weighted by Gasteiger charge is -2.40. The Kier molecular flexibility index (Phi) is 5.90. The minimum absolute atomic E-state index is 0.0685. The maximum atomic E-state index is 13.5. The van der Waals surface area contributed by atoms with Crippen LogP contribution in [0.15, 0.2) is 60.2 Å². The van der Waals surface area contributed by atoms with Crippen LogP contribution in [-0.2, 0) is 4.79 Å². The SMILES string of the molecule is CC(C)N(C1=C(C(=O)N(C)c2ccccc2)CC(O)c2ccccc21)C(C)C. The largest absolute Gasteiger partial charge is 0.388 e. The van der Waals surface area contributed by atoms with Gasteiger partial charge in [-0.15, -0.1) is 0 Å². The van der Waals surface area contributed by atoms with E-state index in [0.29, 0.717) is 12.0 Å². The van der Waals surface area contributed by atoms with E-state index in [1.165, 1.54) is 0 Å². The molecule has 0 aromatic heterocycles. The van der Waals surface area contributed by atoms with Gasteiger partial charge in [0, 0.05) is 42.4 Å². The van der Waals surface area contributed by atoms with Crippen molar-refractivity contribution in [3.63, 3.8) is 0 Å². The van der Waals surface area contributed by atoms with Crippen molar-refractivity contribution in [3.8, 4) is 0 Å². The van der Waals surface area contributed by atoms with Gasteiger partial charge in [-0.25, -0.2) is 0 Å². The number of carbonyl (C=O) groups is 1. The van der Waals surface area contributed by atoms with Crippen LogP contribution in [0.4, 0.5) is 5.69 Å². The zero-order valence-corrected chi connectivity index (χ0v) is 17.4. The highest BCUT2D eigenvalue weighted by Gasteiger charge is 2.34. The van der Waals surface area contributed by atoms with E-state index in [0.717, 1.165) is 22.5 Å². The predicted molar refractivity (Wildman–Crippen MR) is 115 cm³/mol. The minimum atomic E-state index is -0.677. The summed E-state index contributed by atoms with van der Waals surface area (Å²) in [6.07, 6.45) is -0.359. The zero-order valence-electron chi connectivity index (χ0n) is 17.4. The number of para-hydroxylation sites is 1. The summed E-state index contributed by atoms with van der Waals surface area (Å²) in [6.45, 7) is 8.57. The van der Waals surface area contributed by atoms with Crippen LogP contribution in [0.3, 0.4) is 0 Å². The van der Waals surface area contributed by atoms with Crippen LogP contribution in [-0.4, -0.2) is 35.0 Å². The zero-order chi connectivity index (χ0) is 20.4. The predicted octanol–water partition coefficient (Wildman–Crippen LogP) is 4.62. The summed E-state index contributed by atoms with van der Waals surface area (Å²) in [6, 6.07) is 18.0. The van der Waals surface area contributed by atoms with Gasteiger partial charge in [-0.1, -0.05) is 42.5 Å². The fourth-order valence-electron chi connectivity index (χ4n) is 4.13. The van der Waals surface area contributed by atoms with E-state index in [1.54, 1.807) is 11.9 Å². The quantitative estimate of drug-likeness (QED) is 0.826. The van der Waals surface area contributed by atoms with Crippen molar-refractivity contribution in [2.75, 3.05) is 11.9 Å². The molecule has 1 aliphatic carbocycles. The maximum Gasteiger partial charge on any atom is 0.256 e. The molecule has 4 heteroatoms. The van der Waals surface area contributed by atoms with E-state index >= 15 is 0 Å². The number of nitrogens with zero attached hydrogens (tertiary/aromatic N) is 2. The fraction of sp³-hybridized carbons (Fsp3) is 0.375. The summed E-state index contributed by atoms with van der Waals surface area (Å²) in [4.78, 5) is 17.5. The summed E-state index contributed by atoms with van der Waals surface area (Å²) < 4.78 is 0. The van der Waals surface area contributed by atoms with Gasteiger partial charge >= 0.3 is 0 Å². The monoisotopic (exact) mass is 378 g/mol. The second-order valence-electron chi connectivity index (χ2n) is 7.93. The third kappa shape index (κ3) is 3.69. The lowest BCUT2D eigenvalue weighted by molar-refractivity contribution is -0.115. The minimum Gasteiger partial charge on any atom is -0.388 e. The van der Waals surface area contributed by atoms with Gasteiger partial charge in [-0.3, -0.25) is 4.79 Å². The molecule has 0 radical (unpaired) electrons. The van der Waals surface area contributed by atoms with Gasteiger partial charge in [-0.05, 0) is 45.4 Å². The topological polar surface area (TPSA) is 43.8 Å². The van der Waals surface area contributed by atoms with E-state index in [4.69, 9.17) is 0 Å². The molecular weight excluding hydrogens is 348 g/mol. The Morgan fingerprint density at radius 3 is 2.14 bits per heavy atom. The highest BCUT2D eigenvalue weighted by Crippen LogP contribution is 2.41. The normalized spacial score (nSPS) is 16.4. The summed E-state index contributed by atoms with van der Waals surface area (Å²) in [5.74, 6) is -0.0685. The molecule has 1 atom stereocenters. The van der Waals surface area contributed by atoms with Crippen molar-refractivity contribution in [2.24, 2.45) is 0 Å². The van der Waals surface area contributed by atoms with Crippen LogP contribution in [0.1, 0.15) is 51.3 Å². The number of carbonyl (C=O) groups excluding carboxylic acids is 1. The molecule has 0 heterocycles. The highest BCUT2D eigenvalue weighted by atomic mass is 16.3. The third-order valence-corrected chi connectivity index (χ3v) is 5.34. The number of aliphatic hydroxyl groups excluding tert-OH is 1. The van der Waals surface area contributed by atoms with Crippen LogP contribution in [0.5, 0.6) is 0 Å². The molecule has 148 valence electrons. The average Bonchev–Trinajstić information content (AvgIpc) is 2.69. The van der Waals surface area contributed by atoms with Crippen molar-refractivity contribution >= 4 is 17.3 Å². The Hall–Kier alpha value is -2.59. The first kappa shape index (κ1) is 20.2. The molecule has 1 N–H and O–H groups in total. The first-order chi connectivity index (χ1) is 13.3. The molecule has 0 saturated heterocycles. The molecule has 3 rings (SSSR count). The fourth-order valence-corrected chi connectivity index (χ4v) is 4.13. The van der Waals surface area contributed by atoms with E-state index in [9.17, 15) is 9.90 Å². The number of rotatable bonds is 5. The summed E-state index contributed by atoms with van der Waals surface area (Å²) in [5.41, 5.74) is 4.29. The third-order valence-electron chi connectivity index (χ3n) is 5.34. The van der Waals surface area contributed by atoms with Crippen LogP contribution in [0, 0.1) is 0 Å². The molecule has 0 bridgehead atoms. The highest BCUT2D eigenvalue weighted by molar-refractivity contribution is 6.10. The first-order valence-corrected chi connectivity index (χ1v) is 9.94. The Bertz CT molecular complexity index is 863. The standard InChI is InChI=1S/C24H30N2O2/c1-16(2)26(17(3)4)23-20-14-10-9-13-19(20)22(27)15-21(23)24(28)25(5)18-11-7-6-8-12-18/h6-14,16-17,22,27H,15H2,1-5H3. The first-order valence-electron chi connectivity index (χ1n) is 9.94. The van der Waals surface area contributed by atoms with Gasteiger partial charge in [-0.2, -0.15) is 0 Å². The Morgan fingerprint density at radius 2 is 1.54 bits per heavy atom. The number of aliphatic hydroxyl groups is 1. The van der Waals surface area contributed by atoms with E-state index < -0.39 is 6.10 Å². The molecule has 28 heavy (non-hydrogen) atoms. The van der Waals surface area contributed by atoms with Gasteiger partial charge in [0.25, 0.3) is 5.91 Å². The number of anilines is 1. The summed E-state index contributed by atoms with van der Waals surface area (Å²) >= 11 is 0. The number of hydrogen-bond donors (Lipinski definition) is 1. The molecule has 0 spiro atoms. The lowest BCUT2D eigenvalue weighted by atomic mass is 9.85. The van der Waals surface area contributed by atoms with Crippen molar-refractivity contribution in [3.05, 3.63) is 71.3 Å². The average molecular weight is 379 g/mol. The van der Waals surface area contributed by atoms with Gasteiger partial charge in [0.2, 0.25) is 0 Å². The Labute approximate surface area is 168 Å². The Morgan fingerprint density at radius 1 is 0.964 bits per heavy atom. The van der Waals surface area contributed by atoms with Crippen LogP contribution in [0.25, 0.3) is 5.70 Å². The second kappa shape index (κ2) is 8.19. The van der Waals surface area contributed by atoms with Crippen LogP contribution in [0.2, 0.25) is 0 Å². The number of amides is 1. The summed E-state index contributed by atoms with van der Waals surface area (Å²) in [7, 11) is 1.80. The lowest BCUT2D eigenvalue weighted by Crippen LogP contribution is -2.40. The Balaban J connectivity index is 2.19.